The Morgan fingerprint density at radius 1 is 0.939 bits per heavy atom. The van der Waals surface area contributed by atoms with Crippen molar-refractivity contribution in [2.24, 2.45) is 0 Å². The monoisotopic (exact) mass is 526 g/mol. The Kier molecular flexibility index (Phi) is 8.62. The Balaban J connectivity index is 1.87. The molecule has 3 aromatic rings. The lowest BCUT2D eigenvalue weighted by Gasteiger charge is -2.19. The van der Waals surface area contributed by atoms with Crippen LogP contribution in [-0.2, 0) is 21.2 Å². The lowest BCUT2D eigenvalue weighted by atomic mass is 10.1. The van der Waals surface area contributed by atoms with Gasteiger partial charge in [-0.25, -0.2) is 8.42 Å². The second-order valence-electron chi connectivity index (χ2n) is 7.00. The number of nitrogens with one attached hydrogen (secondary N) is 2. The van der Waals surface area contributed by atoms with E-state index < -0.39 is 22.0 Å². The van der Waals surface area contributed by atoms with Crippen molar-refractivity contribution < 1.29 is 17.9 Å². The Morgan fingerprint density at radius 3 is 2.21 bits per heavy atom. The molecule has 0 aliphatic heterocycles. The van der Waals surface area contributed by atoms with Crippen LogP contribution in [0.2, 0.25) is 15.1 Å². The van der Waals surface area contributed by atoms with Crippen LogP contribution >= 0.6 is 34.8 Å². The number of hydrogen-bond acceptors (Lipinski definition) is 4. The van der Waals surface area contributed by atoms with Gasteiger partial charge in [-0.2, -0.15) is 4.72 Å². The van der Waals surface area contributed by atoms with Crippen molar-refractivity contribution in [3.05, 3.63) is 87.4 Å². The van der Waals surface area contributed by atoms with E-state index in [1.54, 1.807) is 36.4 Å². The van der Waals surface area contributed by atoms with Gasteiger partial charge in [-0.1, -0.05) is 65.1 Å². The first-order valence-corrected chi connectivity index (χ1v) is 12.6. The van der Waals surface area contributed by atoms with Gasteiger partial charge < -0.3 is 10.1 Å². The number of benzene rings is 3. The first-order chi connectivity index (χ1) is 15.7. The summed E-state index contributed by atoms with van der Waals surface area (Å²) in [5.41, 5.74) is 0.988. The second kappa shape index (κ2) is 11.2. The van der Waals surface area contributed by atoms with Crippen molar-refractivity contribution in [2.45, 2.75) is 24.3 Å². The van der Waals surface area contributed by atoms with Gasteiger partial charge in [-0.3, -0.25) is 4.79 Å². The molecule has 33 heavy (non-hydrogen) atoms. The molecule has 2 N–H and O–H groups in total. The summed E-state index contributed by atoms with van der Waals surface area (Å²) >= 11 is 18.2. The highest BCUT2D eigenvalue weighted by Gasteiger charge is 2.27. The molecule has 3 aromatic carbocycles. The number of ether oxygens (including phenoxy) is 1. The quantitative estimate of drug-likeness (QED) is 0.356. The van der Waals surface area contributed by atoms with Gasteiger partial charge in [-0.15, -0.1) is 0 Å². The zero-order valence-electron chi connectivity index (χ0n) is 17.5. The van der Waals surface area contributed by atoms with E-state index >= 15 is 0 Å². The second-order valence-corrected chi connectivity index (χ2v) is 9.94. The molecule has 0 unspecified atom stereocenters. The molecule has 0 aromatic heterocycles. The summed E-state index contributed by atoms with van der Waals surface area (Å²) in [5.74, 6) is -0.0575. The van der Waals surface area contributed by atoms with Gasteiger partial charge in [0.1, 0.15) is 11.8 Å². The Labute approximate surface area is 207 Å². The Bertz CT molecular complexity index is 1220. The minimum atomic E-state index is -4.02. The van der Waals surface area contributed by atoms with Gasteiger partial charge >= 0.3 is 0 Å². The van der Waals surface area contributed by atoms with Crippen molar-refractivity contribution in [3.8, 4) is 5.75 Å². The highest BCUT2D eigenvalue weighted by Crippen LogP contribution is 2.32. The molecular formula is C23H21Cl3N2O4S. The molecule has 0 radical (unpaired) electrons. The molecule has 1 atom stereocenters. The van der Waals surface area contributed by atoms with E-state index in [1.807, 2.05) is 13.0 Å². The molecule has 0 bridgehead atoms. The molecule has 0 fully saturated rings. The molecule has 0 aliphatic carbocycles. The van der Waals surface area contributed by atoms with Crippen LogP contribution in [0.1, 0.15) is 12.5 Å². The molecule has 0 saturated carbocycles. The SMILES string of the molecule is CCOc1ccc(S(=O)(=O)N[C@@H](Cc2ccccc2)C(=O)Nc2cc(Cl)c(Cl)cc2Cl)cc1. The van der Waals surface area contributed by atoms with Crippen molar-refractivity contribution >= 4 is 56.4 Å². The van der Waals surface area contributed by atoms with E-state index in [2.05, 4.69) is 10.0 Å². The third-order valence-corrected chi connectivity index (χ3v) is 7.13. The van der Waals surface area contributed by atoms with Crippen LogP contribution in [0, 0.1) is 0 Å². The van der Waals surface area contributed by atoms with Crippen LogP contribution in [0.5, 0.6) is 5.75 Å². The van der Waals surface area contributed by atoms with Crippen molar-refractivity contribution in [1.29, 1.82) is 0 Å². The summed E-state index contributed by atoms with van der Waals surface area (Å²) < 4.78 is 33.9. The fourth-order valence-electron chi connectivity index (χ4n) is 3.01. The predicted octanol–water partition coefficient (Wildman–Crippen LogP) is 5.57. The molecular weight excluding hydrogens is 507 g/mol. The molecule has 0 heterocycles. The standard InChI is InChI=1S/C23H21Cl3N2O4S/c1-2-32-16-8-10-17(11-9-16)33(30,31)28-22(12-15-6-4-3-5-7-15)23(29)27-21-14-19(25)18(24)13-20(21)26/h3-11,13-14,22,28H,2,12H2,1H3,(H,27,29)/t22-/m0/s1. The smallest absolute Gasteiger partial charge is 0.242 e. The average molecular weight is 528 g/mol. The zero-order chi connectivity index (χ0) is 24.0. The first-order valence-electron chi connectivity index (χ1n) is 9.94. The third-order valence-electron chi connectivity index (χ3n) is 4.61. The number of anilines is 1. The highest BCUT2D eigenvalue weighted by molar-refractivity contribution is 7.89. The lowest BCUT2D eigenvalue weighted by Crippen LogP contribution is -2.45. The summed E-state index contributed by atoms with van der Waals surface area (Å²) in [6, 6.07) is 16.7. The maximum Gasteiger partial charge on any atom is 0.242 e. The highest BCUT2D eigenvalue weighted by atomic mass is 35.5. The number of sulfonamides is 1. The number of hydrogen-bond donors (Lipinski definition) is 2. The van der Waals surface area contributed by atoms with Gasteiger partial charge in [0.25, 0.3) is 0 Å². The first kappa shape index (κ1) is 25.3. The minimum Gasteiger partial charge on any atom is -0.494 e. The van der Waals surface area contributed by atoms with Crippen LogP contribution in [0.3, 0.4) is 0 Å². The topological polar surface area (TPSA) is 84.5 Å². The minimum absolute atomic E-state index is 0.00406. The third kappa shape index (κ3) is 6.85. The normalized spacial score (nSPS) is 12.2. The van der Waals surface area contributed by atoms with Crippen LogP contribution in [-0.4, -0.2) is 27.0 Å². The summed E-state index contributed by atoms with van der Waals surface area (Å²) in [7, 11) is -4.02. The maximum absolute atomic E-state index is 13.1. The maximum atomic E-state index is 13.1. The van der Waals surface area contributed by atoms with Gasteiger partial charge in [0.15, 0.2) is 0 Å². The molecule has 10 heteroatoms. The van der Waals surface area contributed by atoms with Crippen molar-refractivity contribution in [1.82, 2.24) is 4.72 Å². The fraction of sp³-hybridized carbons (Fsp3) is 0.174. The zero-order valence-corrected chi connectivity index (χ0v) is 20.6. The molecule has 0 spiro atoms. The number of carbonyl (C=O) groups excluding carboxylic acids is 1. The molecule has 0 saturated heterocycles. The largest absolute Gasteiger partial charge is 0.494 e. The Hall–Kier alpha value is -2.29. The van der Waals surface area contributed by atoms with Gasteiger partial charge in [0, 0.05) is 0 Å². The Morgan fingerprint density at radius 2 is 1.58 bits per heavy atom. The fourth-order valence-corrected chi connectivity index (χ4v) is 4.80. The lowest BCUT2D eigenvalue weighted by molar-refractivity contribution is -0.117. The molecule has 3 rings (SSSR count). The van der Waals surface area contributed by atoms with E-state index in [9.17, 15) is 13.2 Å². The van der Waals surface area contributed by atoms with Gasteiger partial charge in [-0.05, 0) is 55.3 Å². The predicted molar refractivity (Wildman–Crippen MR) is 132 cm³/mol. The number of carbonyl (C=O) groups is 1. The van der Waals surface area contributed by atoms with Crippen molar-refractivity contribution in [3.63, 3.8) is 0 Å². The van der Waals surface area contributed by atoms with Crippen molar-refractivity contribution in [2.75, 3.05) is 11.9 Å². The summed E-state index contributed by atoms with van der Waals surface area (Å²) in [6.45, 7) is 2.29. The summed E-state index contributed by atoms with van der Waals surface area (Å²) in [6.07, 6.45) is 0.113. The van der Waals surface area contributed by atoms with Crippen LogP contribution in [0.25, 0.3) is 0 Å². The number of amides is 1. The summed E-state index contributed by atoms with van der Waals surface area (Å²) in [4.78, 5) is 13.1. The number of halogens is 3. The van der Waals surface area contributed by atoms with E-state index in [0.717, 1.165) is 5.56 Å². The van der Waals surface area contributed by atoms with E-state index in [-0.39, 0.29) is 32.1 Å². The molecule has 174 valence electrons. The molecule has 6 nitrogen and oxygen atoms in total. The van der Waals surface area contributed by atoms with Crippen LogP contribution in [0.4, 0.5) is 5.69 Å². The van der Waals surface area contributed by atoms with E-state index in [4.69, 9.17) is 39.5 Å². The average Bonchev–Trinajstić information content (AvgIpc) is 2.78. The van der Waals surface area contributed by atoms with E-state index in [1.165, 1.54) is 24.3 Å². The number of rotatable bonds is 9. The van der Waals surface area contributed by atoms with Gasteiger partial charge in [0.2, 0.25) is 15.9 Å². The van der Waals surface area contributed by atoms with Crippen LogP contribution < -0.4 is 14.8 Å². The molecule has 1 amide bonds. The van der Waals surface area contributed by atoms with Crippen LogP contribution in [0.15, 0.2) is 71.6 Å². The molecule has 0 aliphatic rings. The van der Waals surface area contributed by atoms with Gasteiger partial charge in [0.05, 0.1) is 32.3 Å². The van der Waals surface area contributed by atoms with E-state index in [0.29, 0.717) is 12.4 Å². The summed E-state index contributed by atoms with van der Waals surface area (Å²) in [5, 5.41) is 3.24.